The van der Waals surface area contributed by atoms with Crippen molar-refractivity contribution in [3.8, 4) is 0 Å². The Kier molecular flexibility index (Phi) is 6.83. The highest BCUT2D eigenvalue weighted by Crippen LogP contribution is 2.17. The Balaban J connectivity index is 2.63. The molecule has 0 saturated carbocycles. The van der Waals surface area contributed by atoms with Gasteiger partial charge in [0.05, 0.1) is 6.04 Å². The molecule has 0 aliphatic rings. The van der Waals surface area contributed by atoms with Crippen molar-refractivity contribution in [3.63, 3.8) is 0 Å². The van der Waals surface area contributed by atoms with Crippen LogP contribution in [0.3, 0.4) is 0 Å². The summed E-state index contributed by atoms with van der Waals surface area (Å²) in [6, 6.07) is 7.49. The lowest BCUT2D eigenvalue weighted by atomic mass is 10.1. The molecule has 0 heterocycles. The maximum atomic E-state index is 11.9. The van der Waals surface area contributed by atoms with Crippen molar-refractivity contribution in [2.45, 2.75) is 32.2 Å². The molecule has 100 valence electrons. The number of rotatable bonds is 7. The lowest BCUT2D eigenvalue weighted by Gasteiger charge is -2.14. The first-order valence-corrected chi connectivity index (χ1v) is 7.71. The van der Waals surface area contributed by atoms with Gasteiger partial charge in [0.25, 0.3) is 0 Å². The number of carbonyl (C=O) groups is 1. The molecule has 18 heavy (non-hydrogen) atoms. The highest BCUT2D eigenvalue weighted by molar-refractivity contribution is 7.98. The summed E-state index contributed by atoms with van der Waals surface area (Å²) < 4.78 is 0. The number of thioether (sulfide) groups is 1. The van der Waals surface area contributed by atoms with E-state index >= 15 is 0 Å². The molecule has 0 saturated heterocycles. The summed E-state index contributed by atoms with van der Waals surface area (Å²) in [7, 11) is 0. The maximum Gasteiger partial charge on any atom is 0.241 e. The Bertz CT molecular complexity index is 382. The van der Waals surface area contributed by atoms with Crippen LogP contribution in [0.5, 0.6) is 0 Å². The van der Waals surface area contributed by atoms with Gasteiger partial charge >= 0.3 is 0 Å². The molecule has 1 atom stereocenters. The smallest absolute Gasteiger partial charge is 0.241 e. The zero-order valence-electron chi connectivity index (χ0n) is 11.1. The van der Waals surface area contributed by atoms with Gasteiger partial charge in [-0.05, 0) is 36.5 Å². The molecule has 0 spiro atoms. The molecule has 1 rings (SSSR count). The summed E-state index contributed by atoms with van der Waals surface area (Å²) in [5.74, 6) is 0.818. The van der Waals surface area contributed by atoms with Gasteiger partial charge in [0, 0.05) is 5.69 Å². The minimum atomic E-state index is -0.424. The van der Waals surface area contributed by atoms with Crippen LogP contribution in [0.1, 0.15) is 25.3 Å². The molecule has 3 N–H and O–H groups in total. The Hall–Kier alpha value is -1.000. The number of anilines is 1. The fraction of sp³-hybridized carbons (Fsp3) is 0.500. The van der Waals surface area contributed by atoms with Crippen LogP contribution in [0.15, 0.2) is 24.3 Å². The highest BCUT2D eigenvalue weighted by Gasteiger charge is 2.14. The zero-order valence-corrected chi connectivity index (χ0v) is 11.9. The summed E-state index contributed by atoms with van der Waals surface area (Å²) in [6.07, 6.45) is 4.76. The average Bonchev–Trinajstić information content (AvgIpc) is 2.38. The van der Waals surface area contributed by atoms with E-state index in [-0.39, 0.29) is 5.91 Å². The van der Waals surface area contributed by atoms with E-state index in [1.807, 2.05) is 30.5 Å². The normalized spacial score (nSPS) is 12.2. The van der Waals surface area contributed by atoms with Crippen molar-refractivity contribution in [3.05, 3.63) is 29.8 Å². The first-order valence-electron chi connectivity index (χ1n) is 6.32. The van der Waals surface area contributed by atoms with Gasteiger partial charge in [-0.25, -0.2) is 0 Å². The van der Waals surface area contributed by atoms with Crippen molar-refractivity contribution < 1.29 is 4.79 Å². The number of aryl methyl sites for hydroxylation is 1. The third-order valence-electron chi connectivity index (χ3n) is 2.76. The zero-order chi connectivity index (χ0) is 13.4. The number of para-hydroxylation sites is 1. The molecule has 0 aromatic heterocycles. The first-order chi connectivity index (χ1) is 8.69. The Morgan fingerprint density at radius 1 is 1.44 bits per heavy atom. The number of benzene rings is 1. The van der Waals surface area contributed by atoms with Gasteiger partial charge in [-0.3, -0.25) is 4.79 Å². The second-order valence-corrected chi connectivity index (χ2v) is 5.27. The van der Waals surface area contributed by atoms with E-state index in [9.17, 15) is 4.79 Å². The number of nitrogens with two attached hydrogens (primary N) is 1. The van der Waals surface area contributed by atoms with Crippen LogP contribution in [0.25, 0.3) is 0 Å². The monoisotopic (exact) mass is 266 g/mol. The summed E-state index contributed by atoms with van der Waals surface area (Å²) in [6.45, 7) is 2.13. The lowest BCUT2D eigenvalue weighted by molar-refractivity contribution is -0.117. The molecule has 3 nitrogen and oxygen atoms in total. The predicted molar refractivity (Wildman–Crippen MR) is 80.0 cm³/mol. The number of hydrogen-bond acceptors (Lipinski definition) is 3. The molecule has 1 aromatic rings. The van der Waals surface area contributed by atoms with E-state index in [2.05, 4.69) is 12.2 Å². The van der Waals surface area contributed by atoms with Crippen molar-refractivity contribution in [1.82, 2.24) is 0 Å². The van der Waals surface area contributed by atoms with Gasteiger partial charge in [0.15, 0.2) is 0 Å². The van der Waals surface area contributed by atoms with Crippen LogP contribution in [0.2, 0.25) is 0 Å². The fourth-order valence-corrected chi connectivity index (χ4v) is 2.22. The largest absolute Gasteiger partial charge is 0.324 e. The van der Waals surface area contributed by atoms with Crippen LogP contribution in [-0.4, -0.2) is 24.0 Å². The molecule has 0 aliphatic carbocycles. The predicted octanol–water partition coefficient (Wildman–Crippen LogP) is 2.66. The molecular formula is C14H22N2OS. The van der Waals surface area contributed by atoms with E-state index in [0.717, 1.165) is 24.3 Å². The summed E-state index contributed by atoms with van der Waals surface area (Å²) >= 11 is 1.70. The quantitative estimate of drug-likeness (QED) is 0.797. The average molecular weight is 266 g/mol. The van der Waals surface area contributed by atoms with E-state index in [4.69, 9.17) is 5.73 Å². The number of amides is 1. The third-order valence-corrected chi connectivity index (χ3v) is 3.41. The highest BCUT2D eigenvalue weighted by atomic mass is 32.2. The number of carbonyl (C=O) groups excluding carboxylic acids is 1. The second kappa shape index (κ2) is 8.16. The van der Waals surface area contributed by atoms with Gasteiger partial charge in [-0.1, -0.05) is 31.5 Å². The third kappa shape index (κ3) is 4.70. The van der Waals surface area contributed by atoms with E-state index in [1.165, 1.54) is 5.56 Å². The second-order valence-electron chi connectivity index (χ2n) is 4.28. The van der Waals surface area contributed by atoms with Crippen molar-refractivity contribution in [2.75, 3.05) is 17.3 Å². The Labute approximate surface area is 114 Å². The minimum absolute atomic E-state index is 0.0902. The van der Waals surface area contributed by atoms with Crippen LogP contribution in [0.4, 0.5) is 5.69 Å². The van der Waals surface area contributed by atoms with Gasteiger partial charge < -0.3 is 11.1 Å². The maximum absolute atomic E-state index is 11.9. The van der Waals surface area contributed by atoms with Crippen molar-refractivity contribution >= 4 is 23.4 Å². The van der Waals surface area contributed by atoms with Crippen molar-refractivity contribution in [2.24, 2.45) is 5.73 Å². The van der Waals surface area contributed by atoms with Gasteiger partial charge in [-0.15, -0.1) is 0 Å². The van der Waals surface area contributed by atoms with Crippen molar-refractivity contribution in [1.29, 1.82) is 0 Å². The molecule has 1 aromatic carbocycles. The molecular weight excluding hydrogens is 244 g/mol. The fourth-order valence-electron chi connectivity index (χ4n) is 1.73. The van der Waals surface area contributed by atoms with Crippen LogP contribution in [0, 0.1) is 0 Å². The first kappa shape index (κ1) is 15.1. The summed E-state index contributed by atoms with van der Waals surface area (Å²) in [5, 5.41) is 2.93. The molecule has 1 amide bonds. The molecule has 0 radical (unpaired) electrons. The minimum Gasteiger partial charge on any atom is -0.324 e. The number of hydrogen-bond donors (Lipinski definition) is 2. The topological polar surface area (TPSA) is 55.1 Å². The van der Waals surface area contributed by atoms with Gasteiger partial charge in [0.1, 0.15) is 0 Å². The van der Waals surface area contributed by atoms with Gasteiger partial charge in [0.2, 0.25) is 5.91 Å². The van der Waals surface area contributed by atoms with Crippen LogP contribution >= 0.6 is 11.8 Å². The molecule has 0 fully saturated rings. The molecule has 0 unspecified atom stereocenters. The van der Waals surface area contributed by atoms with E-state index in [1.54, 1.807) is 11.8 Å². The standard InChI is InChI=1S/C14H22N2OS/c1-3-6-11-7-4-5-8-13(11)16-14(17)12(15)9-10-18-2/h4-5,7-8,12H,3,6,9-10,15H2,1-2H3,(H,16,17)/t12-/m0/s1. The lowest BCUT2D eigenvalue weighted by Crippen LogP contribution is -2.36. The Morgan fingerprint density at radius 2 is 2.17 bits per heavy atom. The SMILES string of the molecule is CCCc1ccccc1NC(=O)[C@@H](N)CCSC. The van der Waals surface area contributed by atoms with E-state index in [0.29, 0.717) is 6.42 Å². The van der Waals surface area contributed by atoms with Gasteiger partial charge in [-0.2, -0.15) is 11.8 Å². The van der Waals surface area contributed by atoms with Crippen LogP contribution < -0.4 is 11.1 Å². The molecule has 4 heteroatoms. The van der Waals surface area contributed by atoms with Crippen LogP contribution in [-0.2, 0) is 11.2 Å². The van der Waals surface area contributed by atoms with E-state index < -0.39 is 6.04 Å². The summed E-state index contributed by atoms with van der Waals surface area (Å²) in [4.78, 5) is 11.9. The molecule has 0 bridgehead atoms. The Morgan fingerprint density at radius 3 is 2.83 bits per heavy atom. The summed E-state index contributed by atoms with van der Waals surface area (Å²) in [5.41, 5.74) is 7.91. The number of nitrogens with one attached hydrogen (secondary N) is 1. The molecule has 0 aliphatic heterocycles.